The van der Waals surface area contributed by atoms with Crippen LogP contribution in [0.5, 0.6) is 0 Å². The number of hydrogen-bond acceptors (Lipinski definition) is 1. The van der Waals surface area contributed by atoms with Gasteiger partial charge >= 0.3 is 0 Å². The van der Waals surface area contributed by atoms with E-state index in [1.54, 1.807) is 0 Å². The number of carbonyl (C=O) groups is 1. The second-order valence-corrected chi connectivity index (χ2v) is 3.42. The summed E-state index contributed by atoms with van der Waals surface area (Å²) in [6.07, 6.45) is 9.33. The van der Waals surface area contributed by atoms with Crippen molar-refractivity contribution in [3.63, 3.8) is 0 Å². The van der Waals surface area contributed by atoms with Crippen molar-refractivity contribution in [2.45, 2.75) is 19.3 Å². The van der Waals surface area contributed by atoms with Crippen LogP contribution in [0.15, 0.2) is 12.2 Å². The fourth-order valence-electron chi connectivity index (χ4n) is 2.13. The van der Waals surface area contributed by atoms with Crippen LogP contribution in [0.3, 0.4) is 0 Å². The molecule has 1 heteroatoms. The highest BCUT2D eigenvalue weighted by Crippen LogP contribution is 2.38. The molecule has 0 aromatic rings. The van der Waals surface area contributed by atoms with Crippen molar-refractivity contribution in [1.82, 2.24) is 0 Å². The molecule has 0 aliphatic heterocycles. The van der Waals surface area contributed by atoms with Gasteiger partial charge in [0.05, 0.1) is 0 Å². The molecular formula is C9H12O. The van der Waals surface area contributed by atoms with E-state index in [9.17, 15) is 4.79 Å². The van der Waals surface area contributed by atoms with Crippen LogP contribution in [0, 0.1) is 17.8 Å². The smallest absolute Gasteiger partial charge is 0.123 e. The standard InChI is InChI=1S/C9H12O/c10-6-9-5-7-1-3-8(9)4-2-7/h1,3,6-9H,2,4-5H2/t7-,8+,9?/m1/s1. The molecular weight excluding hydrogens is 124 g/mol. The predicted octanol–water partition coefficient (Wildman–Crippen LogP) is 1.79. The number of rotatable bonds is 1. The molecule has 3 rings (SSSR count). The summed E-state index contributed by atoms with van der Waals surface area (Å²) in [5, 5.41) is 0. The van der Waals surface area contributed by atoms with E-state index in [4.69, 9.17) is 0 Å². The zero-order chi connectivity index (χ0) is 6.97. The van der Waals surface area contributed by atoms with Crippen molar-refractivity contribution in [1.29, 1.82) is 0 Å². The Morgan fingerprint density at radius 2 is 2.20 bits per heavy atom. The van der Waals surface area contributed by atoms with Gasteiger partial charge in [0, 0.05) is 5.92 Å². The van der Waals surface area contributed by atoms with E-state index in [0.29, 0.717) is 11.8 Å². The van der Waals surface area contributed by atoms with E-state index >= 15 is 0 Å². The highest BCUT2D eigenvalue weighted by atomic mass is 16.1. The molecule has 0 saturated heterocycles. The summed E-state index contributed by atoms with van der Waals surface area (Å²) < 4.78 is 0. The zero-order valence-electron chi connectivity index (χ0n) is 5.99. The van der Waals surface area contributed by atoms with Gasteiger partial charge < -0.3 is 4.79 Å². The summed E-state index contributed by atoms with van der Waals surface area (Å²) in [6.45, 7) is 0. The van der Waals surface area contributed by atoms with Crippen LogP contribution >= 0.6 is 0 Å². The Hall–Kier alpha value is -0.590. The summed E-state index contributed by atoms with van der Waals surface area (Å²) in [6, 6.07) is 0. The number of fused-ring (bicyclic) bond motifs is 2. The van der Waals surface area contributed by atoms with E-state index in [1.165, 1.54) is 12.8 Å². The largest absolute Gasteiger partial charge is 0.303 e. The third kappa shape index (κ3) is 0.808. The lowest BCUT2D eigenvalue weighted by Crippen LogP contribution is -2.27. The maximum absolute atomic E-state index is 10.5. The number of aldehydes is 1. The maximum atomic E-state index is 10.5. The second-order valence-electron chi connectivity index (χ2n) is 3.42. The minimum atomic E-state index is 0.351. The first-order valence-electron chi connectivity index (χ1n) is 4.04. The maximum Gasteiger partial charge on any atom is 0.123 e. The Labute approximate surface area is 61.1 Å². The van der Waals surface area contributed by atoms with Gasteiger partial charge in [-0.25, -0.2) is 0 Å². The first-order chi connectivity index (χ1) is 4.90. The summed E-state index contributed by atoms with van der Waals surface area (Å²) in [4.78, 5) is 10.5. The van der Waals surface area contributed by atoms with Crippen molar-refractivity contribution in [2.24, 2.45) is 17.8 Å². The van der Waals surface area contributed by atoms with Gasteiger partial charge in [-0.15, -0.1) is 0 Å². The Balaban J connectivity index is 2.18. The molecule has 1 unspecified atom stereocenters. The van der Waals surface area contributed by atoms with E-state index < -0.39 is 0 Å². The van der Waals surface area contributed by atoms with Crippen molar-refractivity contribution < 1.29 is 4.79 Å². The van der Waals surface area contributed by atoms with Crippen molar-refractivity contribution in [2.75, 3.05) is 0 Å². The summed E-state index contributed by atoms with van der Waals surface area (Å²) in [5.74, 6) is 1.66. The molecule has 0 heterocycles. The fraction of sp³-hybridized carbons (Fsp3) is 0.667. The molecule has 54 valence electrons. The molecule has 0 radical (unpaired) electrons. The van der Waals surface area contributed by atoms with Gasteiger partial charge in [-0.1, -0.05) is 12.2 Å². The monoisotopic (exact) mass is 136 g/mol. The lowest BCUT2D eigenvalue weighted by Gasteiger charge is -2.34. The summed E-state index contributed by atoms with van der Waals surface area (Å²) in [7, 11) is 0. The van der Waals surface area contributed by atoms with Crippen LogP contribution in [0.25, 0.3) is 0 Å². The van der Waals surface area contributed by atoms with Gasteiger partial charge in [0.2, 0.25) is 0 Å². The normalized spacial score (nSPS) is 43.8. The van der Waals surface area contributed by atoms with Crippen molar-refractivity contribution in [3.05, 3.63) is 12.2 Å². The first kappa shape index (κ1) is 6.14. The van der Waals surface area contributed by atoms with E-state index in [1.807, 2.05) is 0 Å². The number of carbonyl (C=O) groups excluding carboxylic acids is 1. The summed E-state index contributed by atoms with van der Waals surface area (Å²) in [5.41, 5.74) is 0. The van der Waals surface area contributed by atoms with E-state index in [2.05, 4.69) is 12.2 Å². The SMILES string of the molecule is O=CC1C[C@@H]2C=C[C@H]1CC2. The highest BCUT2D eigenvalue weighted by Gasteiger charge is 2.30. The molecule has 0 spiro atoms. The Morgan fingerprint density at radius 3 is 2.50 bits per heavy atom. The molecule has 0 N–H and O–H groups in total. The second kappa shape index (κ2) is 2.22. The van der Waals surface area contributed by atoms with Crippen molar-refractivity contribution in [3.8, 4) is 0 Å². The van der Waals surface area contributed by atoms with Crippen LogP contribution in [0.1, 0.15) is 19.3 Å². The van der Waals surface area contributed by atoms with Crippen LogP contribution in [-0.4, -0.2) is 6.29 Å². The lowest BCUT2D eigenvalue weighted by molar-refractivity contribution is -0.113. The molecule has 10 heavy (non-hydrogen) atoms. The van der Waals surface area contributed by atoms with E-state index in [0.717, 1.165) is 18.6 Å². The molecule has 3 aliphatic carbocycles. The third-order valence-electron chi connectivity index (χ3n) is 2.80. The average molecular weight is 136 g/mol. The first-order valence-corrected chi connectivity index (χ1v) is 4.04. The molecule has 3 aliphatic rings. The van der Waals surface area contributed by atoms with Crippen molar-refractivity contribution >= 4 is 6.29 Å². The van der Waals surface area contributed by atoms with Gasteiger partial charge in [-0.05, 0) is 31.1 Å². The Kier molecular flexibility index (Phi) is 1.37. The Morgan fingerprint density at radius 1 is 1.30 bits per heavy atom. The molecule has 1 saturated carbocycles. The van der Waals surface area contributed by atoms with Crippen LogP contribution in [0.2, 0.25) is 0 Å². The van der Waals surface area contributed by atoms with Gasteiger partial charge in [0.15, 0.2) is 0 Å². The number of allylic oxidation sites excluding steroid dienone is 2. The number of hydrogen-bond donors (Lipinski definition) is 0. The minimum Gasteiger partial charge on any atom is -0.303 e. The van der Waals surface area contributed by atoms with Gasteiger partial charge in [-0.3, -0.25) is 0 Å². The minimum absolute atomic E-state index is 0.351. The van der Waals surface area contributed by atoms with Crippen LogP contribution in [0.4, 0.5) is 0 Å². The van der Waals surface area contributed by atoms with E-state index in [-0.39, 0.29) is 0 Å². The van der Waals surface area contributed by atoms with Crippen LogP contribution in [-0.2, 0) is 4.79 Å². The fourth-order valence-corrected chi connectivity index (χ4v) is 2.13. The lowest BCUT2D eigenvalue weighted by atomic mass is 9.70. The summed E-state index contributed by atoms with van der Waals surface area (Å²) >= 11 is 0. The molecule has 2 bridgehead atoms. The average Bonchev–Trinajstić information content (AvgIpc) is 2.06. The molecule has 0 aromatic heterocycles. The van der Waals surface area contributed by atoms with Gasteiger partial charge in [0.1, 0.15) is 6.29 Å². The molecule has 1 fully saturated rings. The Bertz CT molecular complexity index is 172. The topological polar surface area (TPSA) is 17.1 Å². The highest BCUT2D eigenvalue weighted by molar-refractivity contribution is 5.55. The third-order valence-corrected chi connectivity index (χ3v) is 2.80. The van der Waals surface area contributed by atoms with Gasteiger partial charge in [-0.2, -0.15) is 0 Å². The quantitative estimate of drug-likeness (QED) is 0.396. The van der Waals surface area contributed by atoms with Crippen LogP contribution < -0.4 is 0 Å². The zero-order valence-corrected chi connectivity index (χ0v) is 5.99. The molecule has 1 nitrogen and oxygen atoms in total. The predicted molar refractivity (Wildman–Crippen MR) is 39.5 cm³/mol. The molecule has 0 amide bonds. The molecule has 3 atom stereocenters. The molecule has 0 aromatic carbocycles. The van der Waals surface area contributed by atoms with Gasteiger partial charge in [0.25, 0.3) is 0 Å².